The highest BCUT2D eigenvalue weighted by Crippen LogP contribution is 2.38. The van der Waals surface area contributed by atoms with Crippen molar-refractivity contribution in [2.45, 2.75) is 43.9 Å². The number of Topliss-reactive ketones (excluding diaryl/α,β-unsaturated/α-hetero) is 1. The second-order valence-corrected chi connectivity index (χ2v) is 6.83. The summed E-state index contributed by atoms with van der Waals surface area (Å²) in [7, 11) is 0. The Hall–Kier alpha value is -2.44. The fourth-order valence-electron chi connectivity index (χ4n) is 3.18. The molecule has 1 aromatic heterocycles. The lowest BCUT2D eigenvalue weighted by Crippen LogP contribution is -2.40. The minimum Gasteiger partial charge on any atom is -0.367 e. The Morgan fingerprint density at radius 1 is 1.03 bits per heavy atom. The van der Waals surface area contributed by atoms with Gasteiger partial charge in [0.15, 0.2) is 11.5 Å². The average molecular weight is 437 g/mol. The number of rotatable bonds is 4. The van der Waals surface area contributed by atoms with Crippen molar-refractivity contribution in [3.8, 4) is 11.3 Å². The molecule has 162 valence electrons. The third-order valence-electron chi connectivity index (χ3n) is 4.67. The van der Waals surface area contributed by atoms with E-state index in [4.69, 9.17) is 18.7 Å². The molecule has 2 saturated heterocycles. The number of ether oxygens (including phenoxy) is 3. The number of halogens is 6. The summed E-state index contributed by atoms with van der Waals surface area (Å²) in [6, 6.07) is 2.32. The molecule has 0 radical (unpaired) electrons. The number of carbonyl (C=O) groups excluding carboxylic acids is 1. The van der Waals surface area contributed by atoms with E-state index < -0.39 is 47.5 Å². The summed E-state index contributed by atoms with van der Waals surface area (Å²) in [5, 5.41) is 3.55. The summed E-state index contributed by atoms with van der Waals surface area (Å²) in [5.74, 6) is -0.222. The van der Waals surface area contributed by atoms with Gasteiger partial charge in [-0.05, 0) is 18.2 Å². The molecule has 3 heterocycles. The smallest absolute Gasteiger partial charge is 0.367 e. The van der Waals surface area contributed by atoms with Gasteiger partial charge in [-0.3, -0.25) is 4.79 Å². The Bertz CT molecular complexity index is 921. The highest BCUT2D eigenvalue weighted by Gasteiger charge is 2.44. The maximum atomic E-state index is 13.0. The van der Waals surface area contributed by atoms with Crippen molar-refractivity contribution in [2.75, 3.05) is 6.61 Å². The first-order valence-electron chi connectivity index (χ1n) is 8.67. The molecule has 4 rings (SSSR count). The molecule has 30 heavy (non-hydrogen) atoms. The number of hydrogen-bond donors (Lipinski definition) is 0. The van der Waals surface area contributed by atoms with Crippen LogP contribution in [0.2, 0.25) is 0 Å². The van der Waals surface area contributed by atoms with E-state index in [-0.39, 0.29) is 42.9 Å². The van der Waals surface area contributed by atoms with Gasteiger partial charge in [0.2, 0.25) is 6.29 Å². The van der Waals surface area contributed by atoms with Crippen molar-refractivity contribution in [1.82, 2.24) is 5.16 Å². The first-order chi connectivity index (χ1) is 14.0. The van der Waals surface area contributed by atoms with Crippen molar-refractivity contribution in [2.24, 2.45) is 0 Å². The first kappa shape index (κ1) is 20.8. The predicted octanol–water partition coefficient (Wildman–Crippen LogP) is 3.98. The molecule has 0 unspecified atom stereocenters. The van der Waals surface area contributed by atoms with Gasteiger partial charge in [-0.15, -0.1) is 0 Å². The fourth-order valence-corrected chi connectivity index (χ4v) is 3.18. The van der Waals surface area contributed by atoms with Gasteiger partial charge in [0, 0.05) is 18.1 Å². The van der Waals surface area contributed by atoms with Crippen LogP contribution in [0.25, 0.3) is 11.3 Å². The molecule has 2 bridgehead atoms. The van der Waals surface area contributed by atoms with Gasteiger partial charge in [0.05, 0.1) is 23.8 Å². The number of nitrogens with zero attached hydrogens (tertiary/aromatic N) is 1. The molecule has 12 heteroatoms. The summed E-state index contributed by atoms with van der Waals surface area (Å²) in [5.41, 5.74) is -3.54. The molecule has 2 aliphatic rings. The van der Waals surface area contributed by atoms with Crippen LogP contribution in [0.1, 0.15) is 23.3 Å². The number of ketones is 1. The average Bonchev–Trinajstić information content (AvgIpc) is 3.30. The molecular formula is C18H13F6NO5. The van der Waals surface area contributed by atoms with Crippen LogP contribution in [0.4, 0.5) is 26.3 Å². The Morgan fingerprint density at radius 2 is 1.70 bits per heavy atom. The number of aromatic nitrogens is 1. The number of fused-ring (bicyclic) bond motifs is 2. The molecule has 0 N–H and O–H groups in total. The van der Waals surface area contributed by atoms with E-state index in [0.717, 1.165) is 0 Å². The normalized spacial score (nSPS) is 24.5. The van der Waals surface area contributed by atoms with E-state index in [1.165, 1.54) is 6.07 Å². The lowest BCUT2D eigenvalue weighted by molar-refractivity contribution is -0.168. The molecule has 3 atom stereocenters. The van der Waals surface area contributed by atoms with Gasteiger partial charge >= 0.3 is 12.4 Å². The van der Waals surface area contributed by atoms with Crippen molar-refractivity contribution in [1.29, 1.82) is 0 Å². The van der Waals surface area contributed by atoms with Crippen molar-refractivity contribution >= 4 is 5.78 Å². The van der Waals surface area contributed by atoms with Gasteiger partial charge in [-0.25, -0.2) is 0 Å². The molecule has 0 spiro atoms. The highest BCUT2D eigenvalue weighted by atomic mass is 19.4. The topological polar surface area (TPSA) is 70.8 Å². The number of alkyl halides is 6. The lowest BCUT2D eigenvalue weighted by atomic mass is 10.0. The molecule has 6 nitrogen and oxygen atoms in total. The van der Waals surface area contributed by atoms with E-state index in [2.05, 4.69) is 5.16 Å². The molecule has 2 fully saturated rings. The Balaban J connectivity index is 1.53. The molecule has 0 amide bonds. The van der Waals surface area contributed by atoms with Crippen LogP contribution >= 0.6 is 0 Å². The van der Waals surface area contributed by atoms with E-state index in [1.807, 2.05) is 0 Å². The molecule has 0 aliphatic carbocycles. The van der Waals surface area contributed by atoms with Crippen LogP contribution < -0.4 is 0 Å². The van der Waals surface area contributed by atoms with E-state index in [0.29, 0.717) is 12.1 Å². The zero-order valence-corrected chi connectivity index (χ0v) is 14.9. The van der Waals surface area contributed by atoms with Gasteiger partial charge in [0.1, 0.15) is 18.4 Å². The maximum absolute atomic E-state index is 13.0. The summed E-state index contributed by atoms with van der Waals surface area (Å²) in [6.45, 7) is -0.0340. The monoisotopic (exact) mass is 437 g/mol. The van der Waals surface area contributed by atoms with Crippen LogP contribution in [0.5, 0.6) is 0 Å². The Morgan fingerprint density at radius 3 is 2.33 bits per heavy atom. The number of carbonyl (C=O) groups is 1. The number of hydrogen-bond acceptors (Lipinski definition) is 6. The van der Waals surface area contributed by atoms with Crippen molar-refractivity contribution in [3.05, 3.63) is 41.2 Å². The van der Waals surface area contributed by atoms with Gasteiger partial charge < -0.3 is 18.7 Å². The van der Waals surface area contributed by atoms with Crippen LogP contribution in [-0.4, -0.2) is 36.0 Å². The molecule has 2 aromatic rings. The minimum absolute atomic E-state index is 0.0324. The summed E-state index contributed by atoms with van der Waals surface area (Å²) >= 11 is 0. The minimum atomic E-state index is -4.97. The summed E-state index contributed by atoms with van der Waals surface area (Å²) in [4.78, 5) is 11.7. The highest BCUT2D eigenvalue weighted by molar-refractivity contribution is 5.83. The zero-order chi connectivity index (χ0) is 21.7. The Kier molecular flexibility index (Phi) is 5.11. The molecule has 2 aliphatic heterocycles. The quantitative estimate of drug-likeness (QED) is 0.674. The van der Waals surface area contributed by atoms with E-state index in [1.54, 1.807) is 0 Å². The second kappa shape index (κ2) is 7.36. The third kappa shape index (κ3) is 4.20. The van der Waals surface area contributed by atoms with Gasteiger partial charge in [-0.2, -0.15) is 26.3 Å². The third-order valence-corrected chi connectivity index (χ3v) is 4.67. The van der Waals surface area contributed by atoms with Crippen LogP contribution in [0, 0.1) is 0 Å². The zero-order valence-electron chi connectivity index (χ0n) is 14.9. The van der Waals surface area contributed by atoms with Crippen LogP contribution in [0.3, 0.4) is 0 Å². The van der Waals surface area contributed by atoms with Gasteiger partial charge in [-0.1, -0.05) is 5.16 Å². The lowest BCUT2D eigenvalue weighted by Gasteiger charge is -2.25. The standard InChI is InChI=1S/C18H13F6NO5/c19-17(20,21)9-1-8(2-10(3-9)18(22,23)24)12-4-11(30-25-12)6-27-14-5-13(26)16-28-7-15(14)29-16/h1-4,14-16H,5-7H2/t14-,15+,16+/m0/s1. The van der Waals surface area contributed by atoms with E-state index in [9.17, 15) is 31.1 Å². The maximum Gasteiger partial charge on any atom is 0.416 e. The summed E-state index contributed by atoms with van der Waals surface area (Å²) in [6.07, 6.45) is -11.8. The Labute approximate surface area is 164 Å². The predicted molar refractivity (Wildman–Crippen MR) is 84.8 cm³/mol. The molecule has 1 aromatic carbocycles. The largest absolute Gasteiger partial charge is 0.416 e. The second-order valence-electron chi connectivity index (χ2n) is 6.83. The van der Waals surface area contributed by atoms with E-state index >= 15 is 0 Å². The van der Waals surface area contributed by atoms with Crippen molar-refractivity contribution < 1.29 is 49.9 Å². The van der Waals surface area contributed by atoms with Crippen LogP contribution in [0.15, 0.2) is 28.8 Å². The van der Waals surface area contributed by atoms with Crippen molar-refractivity contribution in [3.63, 3.8) is 0 Å². The fraction of sp³-hybridized carbons (Fsp3) is 0.444. The first-order valence-corrected chi connectivity index (χ1v) is 8.67. The summed E-state index contributed by atoms with van der Waals surface area (Å²) < 4.78 is 99.0. The SMILES string of the molecule is O=C1C[C@H](OCc2cc(-c3cc(C(F)(F)F)cc(C(F)(F)F)c3)no2)[C@H]2CO[C@@H]1O2. The van der Waals surface area contributed by atoms with Crippen LogP contribution in [-0.2, 0) is 38.0 Å². The molecule has 0 saturated carbocycles. The van der Waals surface area contributed by atoms with Gasteiger partial charge in [0.25, 0.3) is 0 Å². The number of benzene rings is 1. The molecular weight excluding hydrogens is 424 g/mol.